The molecule has 1 heterocycles. The fourth-order valence-corrected chi connectivity index (χ4v) is 3.02. The van der Waals surface area contributed by atoms with Crippen LogP contribution in [0.3, 0.4) is 0 Å². The van der Waals surface area contributed by atoms with Crippen LogP contribution in [0.2, 0.25) is 0 Å². The van der Waals surface area contributed by atoms with Gasteiger partial charge in [-0.3, -0.25) is 0 Å². The number of hydrogen-bond acceptors (Lipinski definition) is 3. The first-order chi connectivity index (χ1) is 8.34. The van der Waals surface area contributed by atoms with E-state index >= 15 is 0 Å². The highest BCUT2D eigenvalue weighted by Crippen LogP contribution is 2.24. The fraction of sp³-hybridized carbons (Fsp3) is 0.714. The molecule has 1 fully saturated rings. The van der Waals surface area contributed by atoms with Crippen molar-refractivity contribution in [1.82, 2.24) is 5.32 Å². The molecule has 1 aliphatic rings. The van der Waals surface area contributed by atoms with Crippen LogP contribution in [0.15, 0.2) is 17.5 Å². The summed E-state index contributed by atoms with van der Waals surface area (Å²) in [6.45, 7) is 5.04. The summed E-state index contributed by atoms with van der Waals surface area (Å²) in [7, 11) is 0. The molecule has 1 atom stereocenters. The van der Waals surface area contributed by atoms with Crippen molar-refractivity contribution >= 4 is 11.3 Å². The first-order valence-electron chi connectivity index (χ1n) is 6.69. The third-order valence-corrected chi connectivity index (χ3v) is 4.28. The van der Waals surface area contributed by atoms with E-state index < -0.39 is 0 Å². The maximum absolute atomic E-state index is 5.89. The molecule has 0 aliphatic heterocycles. The topological polar surface area (TPSA) is 21.3 Å². The Morgan fingerprint density at radius 3 is 3.00 bits per heavy atom. The van der Waals surface area contributed by atoms with Crippen molar-refractivity contribution in [3.05, 3.63) is 22.4 Å². The predicted octanol–water partition coefficient (Wildman–Crippen LogP) is 3.43. The van der Waals surface area contributed by atoms with Gasteiger partial charge >= 0.3 is 0 Å². The van der Waals surface area contributed by atoms with Gasteiger partial charge in [0.05, 0.1) is 6.10 Å². The van der Waals surface area contributed by atoms with E-state index in [9.17, 15) is 0 Å². The summed E-state index contributed by atoms with van der Waals surface area (Å²) in [5.74, 6) is 0.828. The van der Waals surface area contributed by atoms with Gasteiger partial charge in [-0.25, -0.2) is 0 Å². The SMILES string of the molecule is CC(CNCc1cccs1)OCC1CCCC1. The smallest absolute Gasteiger partial charge is 0.0671 e. The van der Waals surface area contributed by atoms with Gasteiger partial charge in [0.1, 0.15) is 0 Å². The third-order valence-electron chi connectivity index (χ3n) is 3.40. The second-order valence-electron chi connectivity index (χ2n) is 5.00. The van der Waals surface area contributed by atoms with E-state index in [-0.39, 0.29) is 0 Å². The van der Waals surface area contributed by atoms with Gasteiger partial charge in [-0.2, -0.15) is 0 Å². The number of nitrogens with one attached hydrogen (secondary N) is 1. The molecule has 17 heavy (non-hydrogen) atoms. The van der Waals surface area contributed by atoms with Gasteiger partial charge < -0.3 is 10.1 Å². The quantitative estimate of drug-likeness (QED) is 0.804. The zero-order chi connectivity index (χ0) is 11.9. The van der Waals surface area contributed by atoms with E-state index in [1.165, 1.54) is 30.6 Å². The molecule has 2 nitrogen and oxygen atoms in total. The molecule has 2 rings (SSSR count). The second-order valence-corrected chi connectivity index (χ2v) is 6.04. The lowest BCUT2D eigenvalue weighted by Crippen LogP contribution is -2.27. The molecule has 0 radical (unpaired) electrons. The minimum absolute atomic E-state index is 0.329. The highest BCUT2D eigenvalue weighted by Gasteiger charge is 2.16. The average Bonchev–Trinajstić information content (AvgIpc) is 2.99. The molecule has 0 aromatic carbocycles. The standard InChI is InChI=1S/C14H23NOS/c1-12(16-11-13-5-2-3-6-13)9-15-10-14-7-4-8-17-14/h4,7-8,12-13,15H,2-3,5-6,9-11H2,1H3. The van der Waals surface area contributed by atoms with Crippen LogP contribution in [0.4, 0.5) is 0 Å². The number of thiophene rings is 1. The lowest BCUT2D eigenvalue weighted by molar-refractivity contribution is 0.0416. The summed E-state index contributed by atoms with van der Waals surface area (Å²) < 4.78 is 5.89. The summed E-state index contributed by atoms with van der Waals surface area (Å²) in [6.07, 6.45) is 5.87. The lowest BCUT2D eigenvalue weighted by atomic mass is 10.1. The van der Waals surface area contributed by atoms with Crippen LogP contribution < -0.4 is 5.32 Å². The summed E-state index contributed by atoms with van der Waals surface area (Å²) in [6, 6.07) is 4.27. The zero-order valence-electron chi connectivity index (χ0n) is 10.7. The predicted molar refractivity (Wildman–Crippen MR) is 73.4 cm³/mol. The third kappa shape index (κ3) is 4.78. The van der Waals surface area contributed by atoms with E-state index in [1.54, 1.807) is 11.3 Å². The van der Waals surface area contributed by atoms with Gasteiger partial charge in [-0.15, -0.1) is 11.3 Å². The Morgan fingerprint density at radius 2 is 2.29 bits per heavy atom. The highest BCUT2D eigenvalue weighted by atomic mass is 32.1. The van der Waals surface area contributed by atoms with E-state index in [4.69, 9.17) is 4.74 Å². The van der Waals surface area contributed by atoms with Crippen molar-refractivity contribution in [2.24, 2.45) is 5.92 Å². The van der Waals surface area contributed by atoms with Crippen molar-refractivity contribution in [2.75, 3.05) is 13.2 Å². The second kappa shape index (κ2) is 7.14. The molecular formula is C14H23NOS. The average molecular weight is 253 g/mol. The van der Waals surface area contributed by atoms with E-state index in [1.807, 2.05) is 0 Å². The minimum atomic E-state index is 0.329. The van der Waals surface area contributed by atoms with Gasteiger partial charge in [0, 0.05) is 24.6 Å². The molecule has 1 aromatic rings. The van der Waals surface area contributed by atoms with Crippen LogP contribution in [0.5, 0.6) is 0 Å². The van der Waals surface area contributed by atoms with Crippen molar-refractivity contribution in [3.8, 4) is 0 Å². The molecule has 1 aliphatic carbocycles. The molecule has 0 saturated heterocycles. The Morgan fingerprint density at radius 1 is 1.47 bits per heavy atom. The fourth-order valence-electron chi connectivity index (χ4n) is 2.35. The molecular weight excluding hydrogens is 230 g/mol. The largest absolute Gasteiger partial charge is 0.377 e. The van der Waals surface area contributed by atoms with Gasteiger partial charge in [0.15, 0.2) is 0 Å². The van der Waals surface area contributed by atoms with Gasteiger partial charge in [-0.05, 0) is 37.1 Å². The molecule has 0 bridgehead atoms. The van der Waals surface area contributed by atoms with Gasteiger partial charge in [0.2, 0.25) is 0 Å². The van der Waals surface area contributed by atoms with Crippen molar-refractivity contribution in [3.63, 3.8) is 0 Å². The minimum Gasteiger partial charge on any atom is -0.377 e. The van der Waals surface area contributed by atoms with Crippen LogP contribution in [0.25, 0.3) is 0 Å². The maximum atomic E-state index is 5.89. The van der Waals surface area contributed by atoms with Crippen LogP contribution in [0, 0.1) is 5.92 Å². The number of rotatable bonds is 7. The van der Waals surface area contributed by atoms with Gasteiger partial charge in [0.25, 0.3) is 0 Å². The Balaban J connectivity index is 1.52. The van der Waals surface area contributed by atoms with E-state index in [0.717, 1.165) is 25.6 Å². The van der Waals surface area contributed by atoms with Crippen LogP contribution in [-0.4, -0.2) is 19.3 Å². The first-order valence-corrected chi connectivity index (χ1v) is 7.57. The monoisotopic (exact) mass is 253 g/mol. The van der Waals surface area contributed by atoms with Crippen molar-refractivity contribution in [1.29, 1.82) is 0 Å². The van der Waals surface area contributed by atoms with Crippen molar-refractivity contribution < 1.29 is 4.74 Å². The summed E-state index contributed by atoms with van der Waals surface area (Å²) in [4.78, 5) is 1.40. The van der Waals surface area contributed by atoms with E-state index in [0.29, 0.717) is 6.10 Å². The summed E-state index contributed by atoms with van der Waals surface area (Å²) in [5.41, 5.74) is 0. The highest BCUT2D eigenvalue weighted by molar-refractivity contribution is 7.09. The summed E-state index contributed by atoms with van der Waals surface area (Å²) in [5, 5.41) is 5.57. The Hall–Kier alpha value is -0.380. The van der Waals surface area contributed by atoms with Crippen molar-refractivity contribution in [2.45, 2.75) is 45.3 Å². The van der Waals surface area contributed by atoms with Crippen LogP contribution in [-0.2, 0) is 11.3 Å². The molecule has 1 unspecified atom stereocenters. The zero-order valence-corrected chi connectivity index (χ0v) is 11.5. The Labute approximate surface area is 108 Å². The molecule has 1 N–H and O–H groups in total. The molecule has 96 valence electrons. The Bertz CT molecular complexity index is 293. The normalized spacial score (nSPS) is 18.6. The van der Waals surface area contributed by atoms with Crippen LogP contribution in [0.1, 0.15) is 37.5 Å². The molecule has 1 saturated carbocycles. The van der Waals surface area contributed by atoms with Gasteiger partial charge in [-0.1, -0.05) is 18.9 Å². The molecule has 3 heteroatoms. The summed E-state index contributed by atoms with van der Waals surface area (Å²) >= 11 is 1.81. The van der Waals surface area contributed by atoms with Crippen LogP contribution >= 0.6 is 11.3 Å². The number of ether oxygens (including phenoxy) is 1. The maximum Gasteiger partial charge on any atom is 0.0671 e. The molecule has 0 spiro atoms. The first kappa shape index (κ1) is 13.1. The number of hydrogen-bond donors (Lipinski definition) is 1. The molecule has 0 amide bonds. The Kier molecular flexibility index (Phi) is 5.49. The lowest BCUT2D eigenvalue weighted by Gasteiger charge is -2.16. The molecule has 1 aromatic heterocycles. The van der Waals surface area contributed by atoms with E-state index in [2.05, 4.69) is 29.8 Å².